The summed E-state index contributed by atoms with van der Waals surface area (Å²) in [5.74, 6) is 1.24. The highest BCUT2D eigenvalue weighted by molar-refractivity contribution is 7.89. The van der Waals surface area contributed by atoms with E-state index in [1.165, 1.54) is 38.5 Å². The Balaban J connectivity index is 1.84. The predicted octanol–water partition coefficient (Wildman–Crippen LogP) is 3.68. The highest BCUT2D eigenvalue weighted by Crippen LogP contribution is 2.37. The van der Waals surface area contributed by atoms with Crippen LogP contribution in [0, 0.1) is 11.3 Å². The van der Waals surface area contributed by atoms with Crippen LogP contribution < -0.4 is 4.72 Å². The van der Waals surface area contributed by atoms with Crippen LogP contribution in [0.15, 0.2) is 0 Å². The molecule has 0 aliphatic heterocycles. The van der Waals surface area contributed by atoms with Gasteiger partial charge in [0.1, 0.15) is 0 Å². The zero-order valence-electron chi connectivity index (χ0n) is 12.4. The standard InChI is InChI=1S/C15H28ClNO2S/c16-12-15(9-5-2-6-10-15)13-17-20(18,19)11-14-7-3-1-4-8-14/h14,17H,1-13H2. The van der Waals surface area contributed by atoms with Crippen LogP contribution in [0.4, 0.5) is 0 Å². The number of hydrogen-bond donors (Lipinski definition) is 1. The number of hydrogen-bond acceptors (Lipinski definition) is 2. The van der Waals surface area contributed by atoms with Gasteiger partial charge < -0.3 is 0 Å². The summed E-state index contributed by atoms with van der Waals surface area (Å²) in [4.78, 5) is 0. The molecule has 0 heterocycles. The van der Waals surface area contributed by atoms with Crippen LogP contribution in [0.5, 0.6) is 0 Å². The van der Waals surface area contributed by atoms with Gasteiger partial charge in [0.2, 0.25) is 10.0 Å². The van der Waals surface area contributed by atoms with Gasteiger partial charge in [0.05, 0.1) is 5.75 Å². The fraction of sp³-hybridized carbons (Fsp3) is 1.00. The first kappa shape index (κ1) is 16.6. The third-order valence-corrected chi connectivity index (χ3v) is 7.11. The topological polar surface area (TPSA) is 46.2 Å². The summed E-state index contributed by atoms with van der Waals surface area (Å²) in [6, 6.07) is 0. The summed E-state index contributed by atoms with van der Waals surface area (Å²) in [7, 11) is -3.14. The van der Waals surface area contributed by atoms with Crippen LogP contribution in [-0.4, -0.2) is 26.6 Å². The van der Waals surface area contributed by atoms with Gasteiger partial charge in [-0.1, -0.05) is 38.5 Å². The lowest BCUT2D eigenvalue weighted by Gasteiger charge is -2.35. The fourth-order valence-corrected chi connectivity index (χ4v) is 5.61. The van der Waals surface area contributed by atoms with Crippen LogP contribution in [0.1, 0.15) is 64.2 Å². The summed E-state index contributed by atoms with van der Waals surface area (Å²) >= 11 is 6.12. The molecule has 2 aliphatic rings. The SMILES string of the molecule is O=S(=O)(CC1CCCCC1)NCC1(CCl)CCCCC1. The van der Waals surface area contributed by atoms with Crippen molar-refractivity contribution in [2.75, 3.05) is 18.2 Å². The average Bonchev–Trinajstić information content (AvgIpc) is 2.47. The van der Waals surface area contributed by atoms with E-state index in [0.29, 0.717) is 24.1 Å². The zero-order valence-corrected chi connectivity index (χ0v) is 13.9. The lowest BCUT2D eigenvalue weighted by Crippen LogP contribution is -2.42. The molecule has 1 N–H and O–H groups in total. The minimum absolute atomic E-state index is 0.000555. The van der Waals surface area contributed by atoms with Gasteiger partial charge in [0, 0.05) is 12.4 Å². The van der Waals surface area contributed by atoms with E-state index in [-0.39, 0.29) is 5.41 Å². The molecule has 0 amide bonds. The van der Waals surface area contributed by atoms with Gasteiger partial charge in [-0.05, 0) is 37.0 Å². The molecule has 0 spiro atoms. The van der Waals surface area contributed by atoms with E-state index in [4.69, 9.17) is 11.6 Å². The van der Waals surface area contributed by atoms with Crippen molar-refractivity contribution in [1.29, 1.82) is 0 Å². The number of rotatable bonds is 6. The third kappa shape index (κ3) is 4.88. The van der Waals surface area contributed by atoms with Crippen molar-refractivity contribution in [2.24, 2.45) is 11.3 Å². The third-order valence-electron chi connectivity index (χ3n) is 5.04. The van der Waals surface area contributed by atoms with Crippen molar-refractivity contribution in [3.8, 4) is 0 Å². The first-order valence-electron chi connectivity index (χ1n) is 8.09. The molecular weight excluding hydrogens is 294 g/mol. The quantitative estimate of drug-likeness (QED) is 0.759. The van der Waals surface area contributed by atoms with Crippen LogP contribution in [0.2, 0.25) is 0 Å². The van der Waals surface area contributed by atoms with Crippen molar-refractivity contribution < 1.29 is 8.42 Å². The van der Waals surface area contributed by atoms with Crippen molar-refractivity contribution in [2.45, 2.75) is 64.2 Å². The average molecular weight is 322 g/mol. The van der Waals surface area contributed by atoms with Gasteiger partial charge in [0.15, 0.2) is 0 Å². The second-order valence-electron chi connectivity index (χ2n) is 6.80. The van der Waals surface area contributed by atoms with Crippen LogP contribution in [-0.2, 0) is 10.0 Å². The Kier molecular flexibility index (Phi) is 6.18. The monoisotopic (exact) mass is 321 g/mol. The van der Waals surface area contributed by atoms with Gasteiger partial charge in [0.25, 0.3) is 0 Å². The number of alkyl halides is 1. The minimum atomic E-state index is -3.14. The Morgan fingerprint density at radius 3 is 2.20 bits per heavy atom. The van der Waals surface area contributed by atoms with E-state index in [9.17, 15) is 8.42 Å². The molecule has 2 aliphatic carbocycles. The van der Waals surface area contributed by atoms with Crippen molar-refractivity contribution in [3.05, 3.63) is 0 Å². The molecule has 3 nitrogen and oxygen atoms in total. The molecule has 0 saturated heterocycles. The molecule has 2 rings (SSSR count). The Bertz CT molecular complexity index is 385. The highest BCUT2D eigenvalue weighted by atomic mass is 35.5. The van der Waals surface area contributed by atoms with Crippen LogP contribution >= 0.6 is 11.6 Å². The van der Waals surface area contributed by atoms with Gasteiger partial charge in [-0.3, -0.25) is 0 Å². The van der Waals surface area contributed by atoms with E-state index in [0.717, 1.165) is 25.7 Å². The smallest absolute Gasteiger partial charge is 0.211 e. The second kappa shape index (κ2) is 7.46. The van der Waals surface area contributed by atoms with Gasteiger partial charge in [-0.25, -0.2) is 13.1 Å². The Labute approximate surface area is 128 Å². The normalized spacial score (nSPS) is 24.6. The van der Waals surface area contributed by atoms with Crippen molar-refractivity contribution in [1.82, 2.24) is 4.72 Å². The maximum atomic E-state index is 12.2. The Morgan fingerprint density at radius 1 is 1.00 bits per heavy atom. The number of nitrogens with one attached hydrogen (secondary N) is 1. The maximum absolute atomic E-state index is 12.2. The van der Waals surface area contributed by atoms with Crippen molar-refractivity contribution >= 4 is 21.6 Å². The predicted molar refractivity (Wildman–Crippen MR) is 84.6 cm³/mol. The summed E-state index contributed by atoms with van der Waals surface area (Å²) in [5, 5.41) is 0. The number of sulfonamides is 1. The molecule has 0 atom stereocenters. The first-order chi connectivity index (χ1) is 9.55. The summed E-state index contributed by atoms with van der Waals surface area (Å²) < 4.78 is 27.3. The van der Waals surface area contributed by atoms with E-state index in [1.807, 2.05) is 0 Å². The summed E-state index contributed by atoms with van der Waals surface area (Å²) in [5.41, 5.74) is -0.000555. The summed E-state index contributed by atoms with van der Waals surface area (Å²) in [6.45, 7) is 0.533. The van der Waals surface area contributed by atoms with Crippen LogP contribution in [0.25, 0.3) is 0 Å². The van der Waals surface area contributed by atoms with E-state index in [1.54, 1.807) is 0 Å². The summed E-state index contributed by atoms with van der Waals surface area (Å²) in [6.07, 6.45) is 11.5. The zero-order chi connectivity index (χ0) is 14.5. The van der Waals surface area contributed by atoms with Crippen molar-refractivity contribution in [3.63, 3.8) is 0 Å². The Hall–Kier alpha value is 0.200. The minimum Gasteiger partial charge on any atom is -0.215 e. The van der Waals surface area contributed by atoms with Crippen LogP contribution in [0.3, 0.4) is 0 Å². The molecule has 2 fully saturated rings. The molecule has 118 valence electrons. The van der Waals surface area contributed by atoms with E-state index >= 15 is 0 Å². The fourth-order valence-electron chi connectivity index (χ4n) is 3.65. The maximum Gasteiger partial charge on any atom is 0.211 e. The largest absolute Gasteiger partial charge is 0.215 e. The van der Waals surface area contributed by atoms with Gasteiger partial charge >= 0.3 is 0 Å². The molecule has 0 unspecified atom stereocenters. The van der Waals surface area contributed by atoms with Gasteiger partial charge in [-0.15, -0.1) is 11.6 Å². The molecule has 20 heavy (non-hydrogen) atoms. The second-order valence-corrected chi connectivity index (χ2v) is 8.92. The highest BCUT2D eigenvalue weighted by Gasteiger charge is 2.33. The molecule has 0 aromatic carbocycles. The first-order valence-corrected chi connectivity index (χ1v) is 10.3. The number of halogens is 1. The molecule has 2 saturated carbocycles. The molecular formula is C15H28ClNO2S. The molecule has 0 bridgehead atoms. The molecule has 0 radical (unpaired) electrons. The van der Waals surface area contributed by atoms with E-state index < -0.39 is 10.0 Å². The Morgan fingerprint density at radius 2 is 1.60 bits per heavy atom. The van der Waals surface area contributed by atoms with Gasteiger partial charge in [-0.2, -0.15) is 0 Å². The lowest BCUT2D eigenvalue weighted by molar-refractivity contribution is 0.223. The molecule has 5 heteroatoms. The molecule has 0 aromatic heterocycles. The molecule has 0 aromatic rings. The lowest BCUT2D eigenvalue weighted by atomic mass is 9.76. The van der Waals surface area contributed by atoms with E-state index in [2.05, 4.69) is 4.72 Å².